The van der Waals surface area contributed by atoms with Crippen LogP contribution in [0.15, 0.2) is 24.3 Å². The van der Waals surface area contributed by atoms with E-state index in [4.69, 9.17) is 9.47 Å². The second kappa shape index (κ2) is 7.94. The summed E-state index contributed by atoms with van der Waals surface area (Å²) in [6.07, 6.45) is 3.79. The maximum absolute atomic E-state index is 12.3. The molecule has 3 aliphatic rings. The Labute approximate surface area is 169 Å². The lowest BCUT2D eigenvalue weighted by molar-refractivity contribution is -0.149. The third-order valence-corrected chi connectivity index (χ3v) is 7.43. The van der Waals surface area contributed by atoms with Crippen molar-refractivity contribution in [3.63, 3.8) is 0 Å². The Hall–Kier alpha value is -1.75. The van der Waals surface area contributed by atoms with Gasteiger partial charge in [-0.1, -0.05) is 19.9 Å². The maximum atomic E-state index is 12.3. The molecule has 3 heterocycles. The van der Waals surface area contributed by atoms with E-state index in [0.717, 1.165) is 62.9 Å². The number of hydrogen-bond donors (Lipinski definition) is 0. The van der Waals surface area contributed by atoms with Crippen LogP contribution in [0.3, 0.4) is 0 Å². The molecular formula is C23H34N2O3. The smallest absolute Gasteiger partial charge is 0.312 e. The minimum Gasteiger partial charge on any atom is -0.497 e. The van der Waals surface area contributed by atoms with E-state index in [9.17, 15) is 4.79 Å². The molecule has 4 rings (SSSR count). The summed E-state index contributed by atoms with van der Waals surface area (Å²) in [6, 6.07) is 8.40. The van der Waals surface area contributed by atoms with Crippen molar-refractivity contribution < 1.29 is 14.3 Å². The van der Waals surface area contributed by atoms with Gasteiger partial charge in [0, 0.05) is 50.9 Å². The first-order chi connectivity index (χ1) is 13.6. The molecule has 0 aliphatic carbocycles. The van der Waals surface area contributed by atoms with Crippen molar-refractivity contribution in [2.75, 3.05) is 44.7 Å². The number of carbonyl (C=O) groups excluding carboxylic acids is 1. The summed E-state index contributed by atoms with van der Waals surface area (Å²) >= 11 is 0. The van der Waals surface area contributed by atoms with Crippen molar-refractivity contribution in [3.8, 4) is 5.75 Å². The van der Waals surface area contributed by atoms with Crippen molar-refractivity contribution >= 4 is 11.7 Å². The van der Waals surface area contributed by atoms with Crippen LogP contribution in [-0.4, -0.2) is 56.8 Å². The molecule has 154 valence electrons. The topological polar surface area (TPSA) is 42.0 Å². The molecular weight excluding hydrogens is 352 g/mol. The molecule has 28 heavy (non-hydrogen) atoms. The number of rotatable bonds is 7. The molecule has 0 aromatic heterocycles. The molecule has 1 aromatic rings. The SMILES string of the molecule is CCC1(CC)C[C@H](CCN2CC3CN(c4cccc(OC)c4)CC3C2)OC1=O. The average Bonchev–Trinajstić information content (AvgIpc) is 3.37. The Morgan fingerprint density at radius 1 is 1.14 bits per heavy atom. The molecule has 0 spiro atoms. The van der Waals surface area contributed by atoms with Crippen LogP contribution in [0.25, 0.3) is 0 Å². The van der Waals surface area contributed by atoms with Crippen LogP contribution in [0.4, 0.5) is 5.69 Å². The van der Waals surface area contributed by atoms with Crippen molar-refractivity contribution in [2.24, 2.45) is 17.3 Å². The summed E-state index contributed by atoms with van der Waals surface area (Å²) in [4.78, 5) is 17.4. The zero-order chi connectivity index (χ0) is 19.7. The quantitative estimate of drug-likeness (QED) is 0.670. The first-order valence-electron chi connectivity index (χ1n) is 10.9. The summed E-state index contributed by atoms with van der Waals surface area (Å²) in [5, 5.41) is 0. The molecule has 5 nitrogen and oxygen atoms in total. The van der Waals surface area contributed by atoms with E-state index in [1.54, 1.807) is 7.11 Å². The van der Waals surface area contributed by atoms with Gasteiger partial charge in [-0.15, -0.1) is 0 Å². The van der Waals surface area contributed by atoms with E-state index in [0.29, 0.717) is 0 Å². The fraction of sp³-hybridized carbons (Fsp3) is 0.696. The van der Waals surface area contributed by atoms with Crippen LogP contribution in [0, 0.1) is 17.3 Å². The van der Waals surface area contributed by atoms with Gasteiger partial charge in [-0.25, -0.2) is 0 Å². The maximum Gasteiger partial charge on any atom is 0.312 e. The number of carbonyl (C=O) groups is 1. The van der Waals surface area contributed by atoms with Gasteiger partial charge in [-0.2, -0.15) is 0 Å². The first kappa shape index (κ1) is 19.6. The van der Waals surface area contributed by atoms with Crippen molar-refractivity contribution in [3.05, 3.63) is 24.3 Å². The number of benzene rings is 1. The Morgan fingerprint density at radius 3 is 2.46 bits per heavy atom. The lowest BCUT2D eigenvalue weighted by atomic mass is 9.79. The zero-order valence-corrected chi connectivity index (χ0v) is 17.5. The fourth-order valence-corrected chi connectivity index (χ4v) is 5.44. The second-order valence-corrected chi connectivity index (χ2v) is 8.89. The molecule has 0 radical (unpaired) electrons. The Morgan fingerprint density at radius 2 is 1.86 bits per heavy atom. The molecule has 3 fully saturated rings. The summed E-state index contributed by atoms with van der Waals surface area (Å²) in [6.45, 7) is 9.86. The minimum atomic E-state index is -0.219. The zero-order valence-electron chi connectivity index (χ0n) is 17.5. The lowest BCUT2D eigenvalue weighted by Gasteiger charge is -2.24. The van der Waals surface area contributed by atoms with E-state index in [1.165, 1.54) is 18.8 Å². The highest BCUT2D eigenvalue weighted by molar-refractivity contribution is 5.78. The monoisotopic (exact) mass is 386 g/mol. The van der Waals surface area contributed by atoms with Gasteiger partial charge < -0.3 is 19.3 Å². The summed E-state index contributed by atoms with van der Waals surface area (Å²) < 4.78 is 11.1. The highest BCUT2D eigenvalue weighted by Crippen LogP contribution is 2.41. The van der Waals surface area contributed by atoms with Crippen molar-refractivity contribution in [2.45, 2.75) is 45.6 Å². The first-order valence-corrected chi connectivity index (χ1v) is 10.9. The van der Waals surface area contributed by atoms with Gasteiger partial charge >= 0.3 is 5.97 Å². The minimum absolute atomic E-state index is 0.0368. The number of ether oxygens (including phenoxy) is 2. The summed E-state index contributed by atoms with van der Waals surface area (Å²) in [5.74, 6) is 2.44. The third-order valence-electron chi connectivity index (χ3n) is 7.43. The van der Waals surface area contributed by atoms with E-state index >= 15 is 0 Å². The molecule has 0 N–H and O–H groups in total. The van der Waals surface area contributed by atoms with Crippen LogP contribution in [0.1, 0.15) is 39.5 Å². The number of fused-ring (bicyclic) bond motifs is 1. The number of cyclic esters (lactones) is 1. The Bertz CT molecular complexity index is 689. The van der Waals surface area contributed by atoms with Crippen molar-refractivity contribution in [1.82, 2.24) is 4.90 Å². The predicted molar refractivity (Wildman–Crippen MR) is 111 cm³/mol. The molecule has 0 amide bonds. The van der Waals surface area contributed by atoms with Crippen molar-refractivity contribution in [1.29, 1.82) is 0 Å². The largest absolute Gasteiger partial charge is 0.497 e. The number of nitrogens with zero attached hydrogens (tertiary/aromatic N) is 2. The van der Waals surface area contributed by atoms with Crippen LogP contribution < -0.4 is 9.64 Å². The highest BCUT2D eigenvalue weighted by Gasteiger charge is 2.46. The molecule has 2 unspecified atom stereocenters. The van der Waals surface area contributed by atoms with Gasteiger partial charge in [-0.3, -0.25) is 4.79 Å². The van der Waals surface area contributed by atoms with Crippen LogP contribution >= 0.6 is 0 Å². The number of methoxy groups -OCH3 is 1. The third kappa shape index (κ3) is 3.61. The summed E-state index contributed by atoms with van der Waals surface area (Å²) in [7, 11) is 1.72. The molecule has 1 aromatic carbocycles. The molecule has 5 heteroatoms. The van der Waals surface area contributed by atoms with E-state index in [1.807, 2.05) is 6.07 Å². The van der Waals surface area contributed by atoms with Gasteiger partial charge in [0.2, 0.25) is 0 Å². The molecule has 3 saturated heterocycles. The van der Waals surface area contributed by atoms with Gasteiger partial charge in [0.1, 0.15) is 11.9 Å². The van der Waals surface area contributed by atoms with Crippen LogP contribution in [-0.2, 0) is 9.53 Å². The van der Waals surface area contributed by atoms with Crippen LogP contribution in [0.2, 0.25) is 0 Å². The lowest BCUT2D eigenvalue weighted by Crippen LogP contribution is -2.30. The molecule has 3 aliphatic heterocycles. The van der Waals surface area contributed by atoms with Gasteiger partial charge in [0.25, 0.3) is 0 Å². The average molecular weight is 387 g/mol. The predicted octanol–water partition coefficient (Wildman–Crippen LogP) is 3.58. The number of likely N-dealkylation sites (tertiary alicyclic amines) is 1. The number of hydrogen-bond acceptors (Lipinski definition) is 5. The Kier molecular flexibility index (Phi) is 5.55. The van der Waals surface area contributed by atoms with E-state index in [2.05, 4.69) is 41.8 Å². The summed E-state index contributed by atoms with van der Waals surface area (Å²) in [5.41, 5.74) is 1.05. The van der Waals surface area contributed by atoms with E-state index in [-0.39, 0.29) is 17.5 Å². The molecule has 3 atom stereocenters. The molecule has 0 bridgehead atoms. The normalized spacial score (nSPS) is 29.2. The van der Waals surface area contributed by atoms with E-state index < -0.39 is 0 Å². The second-order valence-electron chi connectivity index (χ2n) is 8.89. The molecule has 0 saturated carbocycles. The highest BCUT2D eigenvalue weighted by atomic mass is 16.6. The van der Waals surface area contributed by atoms with Gasteiger partial charge in [0.15, 0.2) is 0 Å². The Balaban J connectivity index is 1.26. The number of anilines is 1. The van der Waals surface area contributed by atoms with Crippen LogP contribution in [0.5, 0.6) is 5.75 Å². The van der Waals surface area contributed by atoms with Gasteiger partial charge in [-0.05, 0) is 43.2 Å². The van der Waals surface area contributed by atoms with Gasteiger partial charge in [0.05, 0.1) is 12.5 Å². The fourth-order valence-electron chi connectivity index (χ4n) is 5.44. The standard InChI is InChI=1S/C23H34N2O3/c1-4-23(5-2)12-21(28-22(23)26)9-10-24-13-17-15-25(16-18(17)14-24)19-7-6-8-20(11-19)27-3/h6-8,11,17-18,21H,4-5,9-10,12-16H2,1-3H3/t17?,18?,21-/m0/s1. The number of esters is 1.